The molecule has 0 saturated heterocycles. The largest absolute Gasteiger partial charge is 0.478 e. The number of anilines is 1. The molecule has 4 unspecified atom stereocenters. The number of carbonyl (C=O) groups is 1. The average Bonchev–Trinajstić information content (AvgIpc) is 2.78. The van der Waals surface area contributed by atoms with Crippen LogP contribution in [-0.4, -0.2) is 27.3 Å². The highest BCUT2D eigenvalue weighted by Crippen LogP contribution is 2.66. The van der Waals surface area contributed by atoms with Gasteiger partial charge >= 0.3 is 5.97 Å². The molecule has 3 aliphatic rings. The molecule has 94 valence electrons. The van der Waals surface area contributed by atoms with Crippen LogP contribution in [0.25, 0.3) is 0 Å². The molecule has 2 bridgehead atoms. The molecule has 0 spiro atoms. The number of carboxylic acid groups (broad SMARTS) is 1. The molecule has 3 fully saturated rings. The van der Waals surface area contributed by atoms with E-state index < -0.39 is 5.97 Å². The van der Waals surface area contributed by atoms with Gasteiger partial charge in [0.05, 0.1) is 6.20 Å². The maximum absolute atomic E-state index is 11.1. The van der Waals surface area contributed by atoms with Crippen LogP contribution in [0.5, 0.6) is 0 Å². The van der Waals surface area contributed by atoms with Crippen LogP contribution >= 0.6 is 0 Å². The number of hydrogen-bond donors (Lipinski definition) is 2. The summed E-state index contributed by atoms with van der Waals surface area (Å²) < 4.78 is 0. The van der Waals surface area contributed by atoms with E-state index in [-0.39, 0.29) is 5.56 Å². The van der Waals surface area contributed by atoms with Crippen molar-refractivity contribution in [3.05, 3.63) is 17.8 Å². The lowest BCUT2D eigenvalue weighted by molar-refractivity contribution is 0.0697. The Morgan fingerprint density at radius 3 is 2.72 bits per heavy atom. The molecule has 4 atom stereocenters. The molecular weight excluding hydrogens is 230 g/mol. The minimum atomic E-state index is -0.943. The maximum atomic E-state index is 11.1. The number of fused-ring (bicyclic) bond motifs is 5. The fourth-order valence-corrected chi connectivity index (χ4v) is 4.29. The summed E-state index contributed by atoms with van der Waals surface area (Å²) in [5.41, 5.74) is 0.224. The van der Waals surface area contributed by atoms with Gasteiger partial charge in [0.25, 0.3) is 0 Å². The van der Waals surface area contributed by atoms with E-state index in [0.29, 0.717) is 11.9 Å². The van der Waals surface area contributed by atoms with Crippen molar-refractivity contribution < 1.29 is 9.90 Å². The third kappa shape index (κ3) is 1.30. The second kappa shape index (κ2) is 3.43. The summed E-state index contributed by atoms with van der Waals surface area (Å²) in [6, 6.07) is 1.94. The SMILES string of the molecule is O=C(O)c1ccnnc1NC1C2C3CCC(C3)C12. The summed E-state index contributed by atoms with van der Waals surface area (Å²) in [7, 11) is 0. The highest BCUT2D eigenvalue weighted by molar-refractivity contribution is 5.92. The average molecular weight is 245 g/mol. The van der Waals surface area contributed by atoms with Crippen molar-refractivity contribution in [3.8, 4) is 0 Å². The summed E-state index contributed by atoms with van der Waals surface area (Å²) in [5, 5.41) is 20.1. The summed E-state index contributed by atoms with van der Waals surface area (Å²) in [5.74, 6) is 2.73. The van der Waals surface area contributed by atoms with Crippen LogP contribution in [0.3, 0.4) is 0 Å². The summed E-state index contributed by atoms with van der Waals surface area (Å²) in [4.78, 5) is 11.1. The van der Waals surface area contributed by atoms with Crippen LogP contribution in [-0.2, 0) is 0 Å². The number of nitrogens with zero attached hydrogens (tertiary/aromatic N) is 2. The molecule has 0 amide bonds. The number of aromatic carboxylic acids is 1. The van der Waals surface area contributed by atoms with E-state index in [1.54, 1.807) is 0 Å². The molecule has 0 aromatic carbocycles. The summed E-state index contributed by atoms with van der Waals surface area (Å²) >= 11 is 0. The molecule has 1 aromatic heterocycles. The predicted octanol–water partition coefficient (Wildman–Crippen LogP) is 1.63. The second-order valence-corrected chi connectivity index (χ2v) is 5.76. The van der Waals surface area contributed by atoms with Crippen LogP contribution in [0, 0.1) is 23.7 Å². The normalized spacial score (nSPS) is 39.4. The van der Waals surface area contributed by atoms with E-state index in [0.717, 1.165) is 23.7 Å². The molecule has 5 nitrogen and oxygen atoms in total. The van der Waals surface area contributed by atoms with E-state index in [2.05, 4.69) is 15.5 Å². The molecule has 3 aliphatic carbocycles. The Kier molecular flexibility index (Phi) is 1.96. The van der Waals surface area contributed by atoms with Gasteiger partial charge in [-0.25, -0.2) is 4.79 Å². The van der Waals surface area contributed by atoms with Crippen molar-refractivity contribution in [2.75, 3.05) is 5.32 Å². The van der Waals surface area contributed by atoms with Crippen molar-refractivity contribution in [2.45, 2.75) is 25.3 Å². The lowest BCUT2D eigenvalue weighted by Crippen LogP contribution is -2.16. The van der Waals surface area contributed by atoms with Crippen molar-refractivity contribution >= 4 is 11.8 Å². The first-order valence-electron chi connectivity index (χ1n) is 6.57. The van der Waals surface area contributed by atoms with E-state index in [9.17, 15) is 4.79 Å². The molecule has 4 rings (SSSR count). The Hall–Kier alpha value is -1.65. The Balaban J connectivity index is 1.55. The third-order valence-electron chi connectivity index (χ3n) is 4.99. The minimum Gasteiger partial charge on any atom is -0.478 e. The van der Waals surface area contributed by atoms with Gasteiger partial charge in [-0.15, -0.1) is 5.10 Å². The van der Waals surface area contributed by atoms with Gasteiger partial charge in [0.1, 0.15) is 5.56 Å². The number of aromatic nitrogens is 2. The van der Waals surface area contributed by atoms with Gasteiger partial charge in [-0.1, -0.05) is 0 Å². The quantitative estimate of drug-likeness (QED) is 0.846. The zero-order valence-electron chi connectivity index (χ0n) is 9.91. The maximum Gasteiger partial charge on any atom is 0.339 e. The standard InChI is InChI=1S/C13H15N3O2/c17-13(18)8-3-4-14-16-12(8)15-11-9-6-1-2-7(5-6)10(9)11/h3-4,6-7,9-11H,1-2,5H2,(H,15,16)(H,17,18). The summed E-state index contributed by atoms with van der Waals surface area (Å²) in [6.07, 6.45) is 5.53. The van der Waals surface area contributed by atoms with E-state index >= 15 is 0 Å². The summed E-state index contributed by atoms with van der Waals surface area (Å²) in [6.45, 7) is 0. The molecule has 3 saturated carbocycles. The smallest absolute Gasteiger partial charge is 0.339 e. The molecule has 0 radical (unpaired) electrons. The van der Waals surface area contributed by atoms with Crippen LogP contribution < -0.4 is 5.32 Å². The highest BCUT2D eigenvalue weighted by Gasteiger charge is 2.65. The number of hydrogen-bond acceptors (Lipinski definition) is 4. The van der Waals surface area contributed by atoms with Gasteiger partial charge in [0, 0.05) is 6.04 Å². The molecule has 1 aromatic rings. The van der Waals surface area contributed by atoms with Crippen molar-refractivity contribution in [3.63, 3.8) is 0 Å². The van der Waals surface area contributed by atoms with E-state index in [1.807, 2.05) is 0 Å². The van der Waals surface area contributed by atoms with E-state index in [1.165, 1.54) is 31.5 Å². The Morgan fingerprint density at radius 2 is 2.06 bits per heavy atom. The zero-order valence-corrected chi connectivity index (χ0v) is 9.91. The fraction of sp³-hybridized carbons (Fsp3) is 0.615. The zero-order chi connectivity index (χ0) is 12.3. The number of carboxylic acids is 1. The molecule has 18 heavy (non-hydrogen) atoms. The van der Waals surface area contributed by atoms with Gasteiger partial charge in [-0.3, -0.25) is 0 Å². The molecule has 1 heterocycles. The third-order valence-corrected chi connectivity index (χ3v) is 4.99. The van der Waals surface area contributed by atoms with Gasteiger partial charge in [-0.05, 0) is 49.0 Å². The fourth-order valence-electron chi connectivity index (χ4n) is 4.29. The van der Waals surface area contributed by atoms with Crippen LogP contribution in [0.15, 0.2) is 12.3 Å². The lowest BCUT2D eigenvalue weighted by Gasteiger charge is -2.11. The number of nitrogens with one attached hydrogen (secondary N) is 1. The first-order chi connectivity index (χ1) is 8.75. The van der Waals surface area contributed by atoms with Gasteiger partial charge in [0.2, 0.25) is 0 Å². The number of rotatable bonds is 3. The van der Waals surface area contributed by atoms with Crippen LogP contribution in [0.1, 0.15) is 29.6 Å². The lowest BCUT2D eigenvalue weighted by atomic mass is 10.0. The van der Waals surface area contributed by atoms with Gasteiger partial charge in [0.15, 0.2) is 5.82 Å². The van der Waals surface area contributed by atoms with Crippen LogP contribution in [0.4, 0.5) is 5.82 Å². The molecular formula is C13H15N3O2. The minimum absolute atomic E-state index is 0.224. The Bertz CT molecular complexity index is 503. The Labute approximate surface area is 105 Å². The van der Waals surface area contributed by atoms with Crippen LogP contribution in [0.2, 0.25) is 0 Å². The second-order valence-electron chi connectivity index (χ2n) is 5.76. The van der Waals surface area contributed by atoms with Crippen molar-refractivity contribution in [1.29, 1.82) is 0 Å². The van der Waals surface area contributed by atoms with Crippen molar-refractivity contribution in [1.82, 2.24) is 10.2 Å². The topological polar surface area (TPSA) is 75.1 Å². The van der Waals surface area contributed by atoms with Crippen molar-refractivity contribution in [2.24, 2.45) is 23.7 Å². The molecule has 2 N–H and O–H groups in total. The van der Waals surface area contributed by atoms with Gasteiger partial charge in [-0.2, -0.15) is 5.10 Å². The Morgan fingerprint density at radius 1 is 1.33 bits per heavy atom. The first kappa shape index (κ1) is 10.3. The highest BCUT2D eigenvalue weighted by atomic mass is 16.4. The van der Waals surface area contributed by atoms with E-state index in [4.69, 9.17) is 5.11 Å². The predicted molar refractivity (Wildman–Crippen MR) is 64.2 cm³/mol. The molecule has 0 aliphatic heterocycles. The monoisotopic (exact) mass is 245 g/mol. The van der Waals surface area contributed by atoms with Gasteiger partial charge < -0.3 is 10.4 Å². The molecule has 5 heteroatoms. The first-order valence-corrected chi connectivity index (χ1v) is 6.57.